The van der Waals surface area contributed by atoms with Crippen molar-refractivity contribution in [1.29, 1.82) is 0 Å². The van der Waals surface area contributed by atoms with Gasteiger partial charge >= 0.3 is 0 Å². The average Bonchev–Trinajstić information content (AvgIpc) is 2.63. The molecule has 2 aromatic carbocycles. The van der Waals surface area contributed by atoms with Gasteiger partial charge in [-0.1, -0.05) is 12.1 Å². The fourth-order valence-corrected chi connectivity index (χ4v) is 2.64. The summed E-state index contributed by atoms with van der Waals surface area (Å²) in [6, 6.07) is 13.2. The van der Waals surface area contributed by atoms with Gasteiger partial charge in [0.2, 0.25) is 5.91 Å². The minimum Gasteiger partial charge on any atom is -0.457 e. The Balaban J connectivity index is 1.53. The Morgan fingerprint density at radius 3 is 2.24 bits per heavy atom. The standard InChI is InChI=1S/C19H21FN2O3/c20-15-3-7-17(8-4-15)25-16-5-1-14(2-6-16)13-22-18(23)19(21)9-11-24-12-10-19/h1-8H,9-13,21H2,(H,22,23). The second kappa shape index (κ2) is 7.63. The maximum atomic E-state index is 12.9. The molecule has 1 aliphatic heterocycles. The van der Waals surface area contributed by atoms with E-state index in [0.717, 1.165) is 5.56 Å². The zero-order chi connectivity index (χ0) is 17.7. The first-order valence-corrected chi connectivity index (χ1v) is 8.22. The van der Waals surface area contributed by atoms with Crippen molar-refractivity contribution in [2.75, 3.05) is 13.2 Å². The smallest absolute Gasteiger partial charge is 0.240 e. The SMILES string of the molecule is NC1(C(=O)NCc2ccc(Oc3ccc(F)cc3)cc2)CCOCC1. The minimum absolute atomic E-state index is 0.151. The summed E-state index contributed by atoms with van der Waals surface area (Å²) in [7, 11) is 0. The van der Waals surface area contributed by atoms with Gasteiger partial charge in [-0.2, -0.15) is 0 Å². The van der Waals surface area contributed by atoms with Gasteiger partial charge in [0.05, 0.1) is 5.54 Å². The first kappa shape index (κ1) is 17.4. The number of hydrogen-bond donors (Lipinski definition) is 2. The molecule has 0 aromatic heterocycles. The molecule has 1 heterocycles. The summed E-state index contributed by atoms with van der Waals surface area (Å²) in [5.41, 5.74) is 6.25. The summed E-state index contributed by atoms with van der Waals surface area (Å²) in [6.07, 6.45) is 1.06. The van der Waals surface area contributed by atoms with Gasteiger partial charge in [-0.25, -0.2) is 4.39 Å². The predicted octanol–water partition coefficient (Wildman–Crippen LogP) is 2.74. The number of amides is 1. The van der Waals surface area contributed by atoms with Crippen molar-refractivity contribution in [3.05, 3.63) is 59.9 Å². The number of ether oxygens (including phenoxy) is 2. The summed E-state index contributed by atoms with van der Waals surface area (Å²) < 4.78 is 23.8. The second-order valence-electron chi connectivity index (χ2n) is 6.15. The van der Waals surface area contributed by atoms with E-state index in [0.29, 0.717) is 44.1 Å². The molecule has 5 nitrogen and oxygen atoms in total. The fraction of sp³-hybridized carbons (Fsp3) is 0.316. The Kier molecular flexibility index (Phi) is 5.31. The lowest BCUT2D eigenvalue weighted by molar-refractivity contribution is -0.129. The molecule has 2 aromatic rings. The molecule has 0 aliphatic carbocycles. The Labute approximate surface area is 145 Å². The quantitative estimate of drug-likeness (QED) is 0.875. The van der Waals surface area contributed by atoms with E-state index in [4.69, 9.17) is 15.2 Å². The second-order valence-corrected chi connectivity index (χ2v) is 6.15. The average molecular weight is 344 g/mol. The van der Waals surface area contributed by atoms with Crippen molar-refractivity contribution in [3.8, 4) is 11.5 Å². The lowest BCUT2D eigenvalue weighted by Gasteiger charge is -2.31. The molecule has 0 bridgehead atoms. The topological polar surface area (TPSA) is 73.6 Å². The van der Waals surface area contributed by atoms with Crippen LogP contribution in [-0.4, -0.2) is 24.7 Å². The van der Waals surface area contributed by atoms with Crippen LogP contribution in [0.5, 0.6) is 11.5 Å². The van der Waals surface area contributed by atoms with Crippen LogP contribution in [0, 0.1) is 5.82 Å². The highest BCUT2D eigenvalue weighted by molar-refractivity contribution is 5.86. The number of hydrogen-bond acceptors (Lipinski definition) is 4. The Hall–Kier alpha value is -2.44. The summed E-state index contributed by atoms with van der Waals surface area (Å²) in [6.45, 7) is 1.42. The Morgan fingerprint density at radius 2 is 1.64 bits per heavy atom. The minimum atomic E-state index is -0.843. The molecule has 0 radical (unpaired) electrons. The van der Waals surface area contributed by atoms with Crippen LogP contribution < -0.4 is 15.8 Å². The molecule has 1 fully saturated rings. The third-order valence-corrected chi connectivity index (χ3v) is 4.26. The van der Waals surface area contributed by atoms with Crippen molar-refractivity contribution in [2.45, 2.75) is 24.9 Å². The lowest BCUT2D eigenvalue weighted by Crippen LogP contribution is -2.56. The molecular formula is C19H21FN2O3. The van der Waals surface area contributed by atoms with Crippen molar-refractivity contribution >= 4 is 5.91 Å². The summed E-state index contributed by atoms with van der Waals surface area (Å²) in [5, 5.41) is 2.88. The van der Waals surface area contributed by atoms with Gasteiger partial charge in [0.15, 0.2) is 0 Å². The monoisotopic (exact) mass is 344 g/mol. The fourth-order valence-electron chi connectivity index (χ4n) is 2.64. The van der Waals surface area contributed by atoms with E-state index < -0.39 is 5.54 Å². The molecule has 132 valence electrons. The Morgan fingerprint density at radius 1 is 1.08 bits per heavy atom. The van der Waals surface area contributed by atoms with Crippen molar-refractivity contribution in [2.24, 2.45) is 5.73 Å². The van der Waals surface area contributed by atoms with E-state index in [1.54, 1.807) is 24.3 Å². The van der Waals surface area contributed by atoms with E-state index in [1.807, 2.05) is 12.1 Å². The first-order valence-electron chi connectivity index (χ1n) is 8.22. The first-order chi connectivity index (χ1) is 12.0. The van der Waals surface area contributed by atoms with E-state index in [9.17, 15) is 9.18 Å². The van der Waals surface area contributed by atoms with Crippen LogP contribution >= 0.6 is 0 Å². The molecule has 1 saturated heterocycles. The van der Waals surface area contributed by atoms with Crippen LogP contribution in [0.25, 0.3) is 0 Å². The number of rotatable bonds is 5. The van der Waals surface area contributed by atoms with E-state index in [1.165, 1.54) is 12.1 Å². The molecule has 0 unspecified atom stereocenters. The number of benzene rings is 2. The van der Waals surface area contributed by atoms with Crippen LogP contribution in [0.2, 0.25) is 0 Å². The summed E-state index contributed by atoms with van der Waals surface area (Å²) in [5.74, 6) is 0.747. The molecule has 1 aliphatic rings. The molecular weight excluding hydrogens is 323 g/mol. The van der Waals surface area contributed by atoms with Gasteiger partial charge in [0.1, 0.15) is 17.3 Å². The maximum Gasteiger partial charge on any atom is 0.240 e. The molecule has 0 atom stereocenters. The van der Waals surface area contributed by atoms with Crippen molar-refractivity contribution in [1.82, 2.24) is 5.32 Å². The summed E-state index contributed by atoms with van der Waals surface area (Å²) in [4.78, 5) is 12.3. The normalized spacial score (nSPS) is 16.2. The largest absolute Gasteiger partial charge is 0.457 e. The van der Waals surface area contributed by atoms with Crippen LogP contribution in [0.1, 0.15) is 18.4 Å². The molecule has 0 spiro atoms. The Bertz CT molecular complexity index is 710. The van der Waals surface area contributed by atoms with Crippen LogP contribution in [0.15, 0.2) is 48.5 Å². The van der Waals surface area contributed by atoms with Crippen LogP contribution in [-0.2, 0) is 16.1 Å². The molecule has 0 saturated carbocycles. The highest BCUT2D eigenvalue weighted by atomic mass is 19.1. The van der Waals surface area contributed by atoms with Gasteiger partial charge in [-0.3, -0.25) is 4.79 Å². The zero-order valence-electron chi connectivity index (χ0n) is 13.8. The molecule has 6 heteroatoms. The van der Waals surface area contributed by atoms with Gasteiger partial charge in [-0.05, 0) is 54.8 Å². The molecule has 25 heavy (non-hydrogen) atoms. The molecule has 1 amide bonds. The number of nitrogens with one attached hydrogen (secondary N) is 1. The molecule has 3 N–H and O–H groups in total. The van der Waals surface area contributed by atoms with Gasteiger partial charge in [0, 0.05) is 19.8 Å². The third-order valence-electron chi connectivity index (χ3n) is 4.26. The van der Waals surface area contributed by atoms with E-state index in [-0.39, 0.29) is 11.7 Å². The maximum absolute atomic E-state index is 12.9. The predicted molar refractivity (Wildman–Crippen MR) is 91.7 cm³/mol. The highest BCUT2D eigenvalue weighted by Gasteiger charge is 2.35. The number of halogens is 1. The molecule has 3 rings (SSSR count). The number of nitrogens with two attached hydrogens (primary N) is 1. The third kappa shape index (κ3) is 4.55. The number of carbonyl (C=O) groups excluding carboxylic acids is 1. The van der Waals surface area contributed by atoms with Gasteiger partial charge in [-0.15, -0.1) is 0 Å². The zero-order valence-corrected chi connectivity index (χ0v) is 13.8. The van der Waals surface area contributed by atoms with Gasteiger partial charge < -0.3 is 20.5 Å². The van der Waals surface area contributed by atoms with Crippen LogP contribution in [0.3, 0.4) is 0 Å². The van der Waals surface area contributed by atoms with E-state index >= 15 is 0 Å². The van der Waals surface area contributed by atoms with Gasteiger partial charge in [0.25, 0.3) is 0 Å². The lowest BCUT2D eigenvalue weighted by atomic mass is 9.90. The number of carbonyl (C=O) groups is 1. The van der Waals surface area contributed by atoms with E-state index in [2.05, 4.69) is 5.32 Å². The van der Waals surface area contributed by atoms with Crippen molar-refractivity contribution in [3.63, 3.8) is 0 Å². The van der Waals surface area contributed by atoms with Crippen LogP contribution in [0.4, 0.5) is 4.39 Å². The highest BCUT2D eigenvalue weighted by Crippen LogP contribution is 2.22. The van der Waals surface area contributed by atoms with Crippen molar-refractivity contribution < 1.29 is 18.7 Å². The summed E-state index contributed by atoms with van der Waals surface area (Å²) >= 11 is 0.